The van der Waals surface area contributed by atoms with E-state index in [-0.39, 0.29) is 28.2 Å². The van der Waals surface area contributed by atoms with Crippen molar-refractivity contribution in [2.24, 2.45) is 0 Å². The Kier molecular flexibility index (Phi) is 10.3. The summed E-state index contributed by atoms with van der Waals surface area (Å²) in [5.41, 5.74) is 0.716. The van der Waals surface area contributed by atoms with Crippen molar-refractivity contribution in [2.75, 3.05) is 23.7 Å². The fourth-order valence-corrected chi connectivity index (χ4v) is 4.67. The van der Waals surface area contributed by atoms with Gasteiger partial charge in [-0.15, -0.1) is 0 Å². The van der Waals surface area contributed by atoms with Crippen LogP contribution in [0.4, 0.5) is 5.69 Å². The zero-order valence-corrected chi connectivity index (χ0v) is 22.7. The minimum absolute atomic E-state index is 0.0332. The van der Waals surface area contributed by atoms with E-state index >= 15 is 0 Å². The van der Waals surface area contributed by atoms with Crippen LogP contribution in [-0.2, 0) is 26.2 Å². The Labute approximate surface area is 220 Å². The summed E-state index contributed by atoms with van der Waals surface area (Å²) in [5, 5.41) is 3.87. The molecule has 0 bridgehead atoms. The van der Waals surface area contributed by atoms with Gasteiger partial charge in [-0.1, -0.05) is 59.4 Å². The Balaban J connectivity index is 2.42. The van der Waals surface area contributed by atoms with E-state index in [2.05, 4.69) is 5.32 Å². The summed E-state index contributed by atoms with van der Waals surface area (Å²) in [6, 6.07) is 8.13. The molecule has 0 spiro atoms. The molecule has 0 heterocycles. The Morgan fingerprint density at radius 3 is 2.24 bits per heavy atom. The zero-order chi connectivity index (χ0) is 25.6. The highest BCUT2D eigenvalue weighted by atomic mass is 35.5. The number of anilines is 1. The van der Waals surface area contributed by atoms with Gasteiger partial charge >= 0.3 is 0 Å². The number of nitrogens with zero attached hydrogens (tertiary/aromatic N) is 2. The molecule has 186 valence electrons. The average Bonchev–Trinajstić information content (AvgIpc) is 2.75. The van der Waals surface area contributed by atoms with Crippen LogP contribution in [0.3, 0.4) is 0 Å². The van der Waals surface area contributed by atoms with Gasteiger partial charge in [0.2, 0.25) is 21.8 Å². The van der Waals surface area contributed by atoms with E-state index in [9.17, 15) is 18.0 Å². The van der Waals surface area contributed by atoms with Crippen LogP contribution in [0.1, 0.15) is 25.8 Å². The third-order valence-corrected chi connectivity index (χ3v) is 7.41. The molecule has 12 heteroatoms. The van der Waals surface area contributed by atoms with Gasteiger partial charge in [-0.05, 0) is 49.2 Å². The molecule has 0 aliphatic heterocycles. The quantitative estimate of drug-likeness (QED) is 0.436. The van der Waals surface area contributed by atoms with E-state index in [1.165, 1.54) is 29.2 Å². The molecule has 0 aromatic heterocycles. The first-order valence-electron chi connectivity index (χ1n) is 10.3. The monoisotopic (exact) mass is 567 g/mol. The van der Waals surface area contributed by atoms with Gasteiger partial charge in [0.15, 0.2) is 0 Å². The van der Waals surface area contributed by atoms with Crippen LogP contribution in [0.25, 0.3) is 0 Å². The summed E-state index contributed by atoms with van der Waals surface area (Å²) in [7, 11) is -3.88. The van der Waals surface area contributed by atoms with Crippen LogP contribution in [0.5, 0.6) is 0 Å². The lowest BCUT2D eigenvalue weighted by atomic mass is 10.1. The normalized spacial score (nSPS) is 12.2. The maximum absolute atomic E-state index is 13.4. The van der Waals surface area contributed by atoms with Crippen molar-refractivity contribution in [2.45, 2.75) is 32.9 Å². The highest BCUT2D eigenvalue weighted by Crippen LogP contribution is 2.29. The molecule has 7 nitrogen and oxygen atoms in total. The molecule has 0 radical (unpaired) electrons. The second-order valence-corrected chi connectivity index (χ2v) is 11.2. The maximum Gasteiger partial charge on any atom is 0.244 e. The highest BCUT2D eigenvalue weighted by molar-refractivity contribution is 7.92. The number of halogens is 4. The molecular formula is C22H25Cl4N3O4S. The maximum atomic E-state index is 13.4. The average molecular weight is 569 g/mol. The van der Waals surface area contributed by atoms with Crippen molar-refractivity contribution in [3.8, 4) is 0 Å². The van der Waals surface area contributed by atoms with Crippen LogP contribution in [-0.4, -0.2) is 50.5 Å². The second kappa shape index (κ2) is 12.3. The van der Waals surface area contributed by atoms with Gasteiger partial charge in [-0.25, -0.2) is 8.42 Å². The first-order chi connectivity index (χ1) is 15.8. The van der Waals surface area contributed by atoms with Crippen molar-refractivity contribution >= 4 is 73.9 Å². The highest BCUT2D eigenvalue weighted by Gasteiger charge is 2.30. The molecule has 2 amide bonds. The standard InChI is InChI=1S/C22H25Cl4N3O4S/c1-4-9-27-22(31)14(2)28(12-15-5-6-16(23)10-19(15)25)21(30)13-29(34(3,32)33)17-7-8-18(24)20(26)11-17/h5-8,10-11,14H,4,9,12-13H2,1-3H3,(H,27,31)/t14-/m1/s1. The minimum atomic E-state index is -3.88. The number of nitrogens with one attached hydrogen (secondary N) is 1. The molecule has 0 aliphatic rings. The van der Waals surface area contributed by atoms with Gasteiger partial charge in [0.1, 0.15) is 12.6 Å². The molecule has 34 heavy (non-hydrogen) atoms. The van der Waals surface area contributed by atoms with E-state index in [1.54, 1.807) is 19.1 Å². The summed E-state index contributed by atoms with van der Waals surface area (Å²) in [5.74, 6) is -0.984. The van der Waals surface area contributed by atoms with Crippen molar-refractivity contribution < 1.29 is 18.0 Å². The fraction of sp³-hybridized carbons (Fsp3) is 0.364. The van der Waals surface area contributed by atoms with Crippen molar-refractivity contribution in [3.05, 3.63) is 62.1 Å². The summed E-state index contributed by atoms with van der Waals surface area (Å²) in [6.45, 7) is 3.31. The summed E-state index contributed by atoms with van der Waals surface area (Å²) in [6.07, 6.45) is 1.69. The van der Waals surface area contributed by atoms with Crippen LogP contribution in [0.2, 0.25) is 20.1 Å². The molecule has 2 aromatic carbocycles. The lowest BCUT2D eigenvalue weighted by molar-refractivity contribution is -0.139. The molecule has 0 fully saturated rings. The van der Waals surface area contributed by atoms with E-state index in [1.807, 2.05) is 6.92 Å². The van der Waals surface area contributed by atoms with Crippen LogP contribution in [0.15, 0.2) is 36.4 Å². The van der Waals surface area contributed by atoms with Gasteiger partial charge in [-0.2, -0.15) is 0 Å². The Morgan fingerprint density at radius 1 is 1.00 bits per heavy atom. The minimum Gasteiger partial charge on any atom is -0.354 e. The zero-order valence-electron chi connectivity index (χ0n) is 18.8. The summed E-state index contributed by atoms with van der Waals surface area (Å²) in [4.78, 5) is 27.4. The smallest absolute Gasteiger partial charge is 0.244 e. The number of hydrogen-bond acceptors (Lipinski definition) is 4. The van der Waals surface area contributed by atoms with Crippen LogP contribution in [0, 0.1) is 0 Å². The molecule has 1 N–H and O–H groups in total. The van der Waals surface area contributed by atoms with Gasteiger partial charge in [0, 0.05) is 23.1 Å². The molecule has 0 saturated heterocycles. The van der Waals surface area contributed by atoms with E-state index in [4.69, 9.17) is 46.4 Å². The van der Waals surface area contributed by atoms with Gasteiger partial charge in [0.25, 0.3) is 0 Å². The van der Waals surface area contributed by atoms with Gasteiger partial charge in [-0.3, -0.25) is 13.9 Å². The second-order valence-electron chi connectivity index (χ2n) is 7.59. The third kappa shape index (κ3) is 7.65. The van der Waals surface area contributed by atoms with Crippen LogP contribution >= 0.6 is 46.4 Å². The van der Waals surface area contributed by atoms with E-state index in [0.29, 0.717) is 28.6 Å². The SMILES string of the molecule is CCCNC(=O)[C@@H](C)N(Cc1ccc(Cl)cc1Cl)C(=O)CN(c1ccc(Cl)c(Cl)c1)S(C)(=O)=O. The van der Waals surface area contributed by atoms with E-state index < -0.39 is 28.5 Å². The van der Waals surface area contributed by atoms with Crippen molar-refractivity contribution in [1.29, 1.82) is 0 Å². The fourth-order valence-electron chi connectivity index (χ4n) is 3.07. The first kappa shape index (κ1) is 28.5. The lowest BCUT2D eigenvalue weighted by Crippen LogP contribution is -2.51. The molecule has 0 saturated carbocycles. The summed E-state index contributed by atoms with van der Waals surface area (Å²) >= 11 is 24.3. The molecule has 0 aliphatic carbocycles. The van der Waals surface area contributed by atoms with Crippen LogP contribution < -0.4 is 9.62 Å². The number of carbonyl (C=O) groups excluding carboxylic acids is 2. The van der Waals surface area contributed by atoms with E-state index in [0.717, 1.165) is 10.6 Å². The molecule has 1 atom stereocenters. The number of sulfonamides is 1. The Hall–Kier alpha value is -1.71. The first-order valence-corrected chi connectivity index (χ1v) is 13.6. The van der Waals surface area contributed by atoms with Crippen molar-refractivity contribution in [3.63, 3.8) is 0 Å². The molecule has 0 unspecified atom stereocenters. The predicted octanol–water partition coefficient (Wildman–Crippen LogP) is 5.01. The predicted molar refractivity (Wildman–Crippen MR) is 138 cm³/mol. The number of rotatable bonds is 10. The number of amides is 2. The number of benzene rings is 2. The van der Waals surface area contributed by atoms with Gasteiger partial charge < -0.3 is 10.2 Å². The Morgan fingerprint density at radius 2 is 1.68 bits per heavy atom. The largest absolute Gasteiger partial charge is 0.354 e. The number of hydrogen-bond donors (Lipinski definition) is 1. The summed E-state index contributed by atoms with van der Waals surface area (Å²) < 4.78 is 26.0. The van der Waals surface area contributed by atoms with Gasteiger partial charge in [0.05, 0.1) is 22.0 Å². The molecular weight excluding hydrogens is 544 g/mol. The molecule has 2 rings (SSSR count). The van der Waals surface area contributed by atoms with Crippen molar-refractivity contribution in [1.82, 2.24) is 10.2 Å². The number of carbonyl (C=O) groups is 2. The topological polar surface area (TPSA) is 86.8 Å². The molecule has 2 aromatic rings. The lowest BCUT2D eigenvalue weighted by Gasteiger charge is -2.31. The Bertz CT molecular complexity index is 1160. The third-order valence-electron chi connectivity index (χ3n) is 4.94.